The molecule has 342 valence electrons. The number of hydrogen-bond acceptors (Lipinski definition) is 4. The lowest BCUT2D eigenvalue weighted by molar-refractivity contribution is 1.12. The van der Waals surface area contributed by atoms with Gasteiger partial charge in [-0.15, -0.1) is 22.7 Å². The van der Waals surface area contributed by atoms with Gasteiger partial charge in [0.05, 0.1) is 44.6 Å². The standard InChI is InChI=1S/C68H38N4S2/c69-39-53-61(45-23-15-21-43(37-45)41-17-3-1-4-18-41)54(40-70)66(72-56-30-12-8-28-52(56)64-58(72)36-34-50-48-26-10-14-32-60(48)74-68(50)64)62(46-24-16-22-44(38-46)42-19-5-2-6-20-42)65(53)71-55-29-11-7-27-51(55)63-57(71)35-33-49-47-25-9-13-31-59(47)73-67(49)63/h1-38H. The van der Waals surface area contributed by atoms with Crippen molar-refractivity contribution in [2.24, 2.45) is 0 Å². The first-order valence-electron chi connectivity index (χ1n) is 24.7. The SMILES string of the molecule is N#Cc1c(-c2cccc(-c3ccccc3)c2)c(C#N)c(-n2c3ccccc3c3c4sc5ccccc5c4ccc32)c(-c2cccc(-c3ccccc3)c2)c1-n1c2ccccc2c2c3sc4ccccc4c3ccc21. The maximum Gasteiger partial charge on any atom is 0.102 e. The van der Waals surface area contributed by atoms with Crippen molar-refractivity contribution in [1.82, 2.24) is 9.13 Å². The quantitative estimate of drug-likeness (QED) is 0.167. The second-order valence-corrected chi connectivity index (χ2v) is 21.0. The van der Waals surface area contributed by atoms with E-state index in [1.807, 2.05) is 53.0 Å². The van der Waals surface area contributed by atoms with Crippen molar-refractivity contribution in [3.8, 4) is 68.0 Å². The van der Waals surface area contributed by atoms with Crippen LogP contribution in [-0.2, 0) is 0 Å². The third-order valence-electron chi connectivity index (χ3n) is 15.0. The molecule has 0 radical (unpaired) electrons. The van der Waals surface area contributed by atoms with E-state index in [4.69, 9.17) is 0 Å². The minimum Gasteiger partial charge on any atom is -0.307 e. The monoisotopic (exact) mass is 974 g/mol. The van der Waals surface area contributed by atoms with Gasteiger partial charge in [-0.25, -0.2) is 0 Å². The van der Waals surface area contributed by atoms with Gasteiger partial charge in [-0.2, -0.15) is 10.5 Å². The van der Waals surface area contributed by atoms with E-state index in [1.165, 1.54) is 40.3 Å². The van der Waals surface area contributed by atoms with Crippen LogP contribution in [0.15, 0.2) is 231 Å². The van der Waals surface area contributed by atoms with Gasteiger partial charge in [0.2, 0.25) is 0 Å². The normalized spacial score (nSPS) is 11.8. The molecular weight excluding hydrogens is 937 g/mol. The van der Waals surface area contributed by atoms with Gasteiger partial charge in [0.1, 0.15) is 12.1 Å². The fourth-order valence-electron chi connectivity index (χ4n) is 11.9. The molecule has 0 unspecified atom stereocenters. The average Bonchev–Trinajstić information content (AvgIpc) is 4.22. The Bertz CT molecular complexity index is 4690. The molecule has 0 aliphatic heterocycles. The number of aromatic nitrogens is 2. The van der Waals surface area contributed by atoms with E-state index in [0.717, 1.165) is 82.6 Å². The van der Waals surface area contributed by atoms with Gasteiger partial charge in [-0.05, 0) is 81.9 Å². The fourth-order valence-corrected chi connectivity index (χ4v) is 14.4. The Labute approximate surface area is 433 Å². The summed E-state index contributed by atoms with van der Waals surface area (Å²) in [6.07, 6.45) is 0. The molecule has 4 aromatic heterocycles. The van der Waals surface area contributed by atoms with Crippen LogP contribution in [0.4, 0.5) is 0 Å². The molecule has 0 fully saturated rings. The van der Waals surface area contributed by atoms with Gasteiger partial charge >= 0.3 is 0 Å². The van der Waals surface area contributed by atoms with Gasteiger partial charge in [0.15, 0.2) is 0 Å². The summed E-state index contributed by atoms with van der Waals surface area (Å²) >= 11 is 3.62. The number of hydrogen-bond donors (Lipinski definition) is 0. The molecule has 0 aliphatic rings. The minimum atomic E-state index is 0.419. The van der Waals surface area contributed by atoms with Crippen LogP contribution >= 0.6 is 22.7 Å². The third-order valence-corrected chi connectivity index (χ3v) is 17.4. The molecule has 0 amide bonds. The molecule has 0 aliphatic carbocycles. The summed E-state index contributed by atoms with van der Waals surface area (Å²) in [5.41, 5.74) is 13.4. The zero-order valence-corrected chi connectivity index (χ0v) is 41.2. The first kappa shape index (κ1) is 42.2. The van der Waals surface area contributed by atoms with E-state index < -0.39 is 0 Å². The van der Waals surface area contributed by atoms with Crippen LogP contribution in [0, 0.1) is 22.7 Å². The van der Waals surface area contributed by atoms with E-state index in [1.54, 1.807) is 0 Å². The maximum absolute atomic E-state index is 12.3. The molecule has 0 bridgehead atoms. The second-order valence-electron chi connectivity index (χ2n) is 18.9. The summed E-state index contributed by atoms with van der Waals surface area (Å²) in [4.78, 5) is 0. The summed E-state index contributed by atoms with van der Waals surface area (Å²) in [5, 5.41) is 33.8. The zero-order valence-electron chi connectivity index (χ0n) is 39.5. The van der Waals surface area contributed by atoms with E-state index >= 15 is 0 Å². The van der Waals surface area contributed by atoms with Gasteiger partial charge in [-0.3, -0.25) is 0 Å². The van der Waals surface area contributed by atoms with Crippen molar-refractivity contribution in [3.63, 3.8) is 0 Å². The van der Waals surface area contributed by atoms with E-state index in [-0.39, 0.29) is 0 Å². The number of nitriles is 2. The molecule has 4 heterocycles. The Kier molecular flexibility index (Phi) is 9.40. The molecule has 0 N–H and O–H groups in total. The lowest BCUT2D eigenvalue weighted by Gasteiger charge is -2.26. The van der Waals surface area contributed by atoms with Gasteiger partial charge < -0.3 is 9.13 Å². The van der Waals surface area contributed by atoms with Crippen molar-refractivity contribution in [1.29, 1.82) is 10.5 Å². The second kappa shape index (κ2) is 16.5. The number of benzene rings is 11. The molecule has 0 saturated heterocycles. The first-order valence-corrected chi connectivity index (χ1v) is 26.3. The minimum absolute atomic E-state index is 0.419. The predicted molar refractivity (Wildman–Crippen MR) is 312 cm³/mol. The third kappa shape index (κ3) is 6.11. The van der Waals surface area contributed by atoms with Crippen molar-refractivity contribution >= 4 is 107 Å². The Hall–Kier alpha value is -9.56. The summed E-state index contributed by atoms with van der Waals surface area (Å²) in [7, 11) is 0. The average molecular weight is 975 g/mol. The van der Waals surface area contributed by atoms with Crippen LogP contribution < -0.4 is 0 Å². The fraction of sp³-hybridized carbons (Fsp3) is 0. The number of thiophene rings is 2. The molecule has 15 rings (SSSR count). The molecular formula is C68H38N4S2. The summed E-state index contributed by atoms with van der Waals surface area (Å²) < 4.78 is 9.52. The largest absolute Gasteiger partial charge is 0.307 e. The molecule has 11 aromatic carbocycles. The molecule has 0 spiro atoms. The van der Waals surface area contributed by atoms with Crippen molar-refractivity contribution in [3.05, 3.63) is 242 Å². The van der Waals surface area contributed by atoms with Gasteiger partial charge in [0, 0.05) is 73.0 Å². The molecule has 6 heteroatoms. The van der Waals surface area contributed by atoms with Gasteiger partial charge in [-0.1, -0.05) is 182 Å². The molecule has 0 saturated carbocycles. The Morgan fingerprint density at radius 2 is 0.676 bits per heavy atom. The summed E-state index contributed by atoms with van der Waals surface area (Å²) in [5.74, 6) is 0. The molecule has 0 atom stereocenters. The van der Waals surface area contributed by atoms with Crippen molar-refractivity contribution in [2.45, 2.75) is 0 Å². The van der Waals surface area contributed by atoms with Crippen LogP contribution in [0.2, 0.25) is 0 Å². The van der Waals surface area contributed by atoms with Crippen LogP contribution in [0.3, 0.4) is 0 Å². The number of nitrogens with zero attached hydrogens (tertiary/aromatic N) is 4. The zero-order chi connectivity index (χ0) is 49.0. The summed E-state index contributed by atoms with van der Waals surface area (Å²) in [6, 6.07) is 87.0. The lowest BCUT2D eigenvalue weighted by atomic mass is 9.85. The summed E-state index contributed by atoms with van der Waals surface area (Å²) in [6.45, 7) is 0. The number of fused-ring (bicyclic) bond motifs is 14. The van der Waals surface area contributed by atoms with Crippen LogP contribution in [-0.4, -0.2) is 9.13 Å². The van der Waals surface area contributed by atoms with Gasteiger partial charge in [0.25, 0.3) is 0 Å². The number of rotatable bonds is 6. The topological polar surface area (TPSA) is 57.4 Å². The molecule has 74 heavy (non-hydrogen) atoms. The molecule has 4 nitrogen and oxygen atoms in total. The van der Waals surface area contributed by atoms with E-state index in [2.05, 4.69) is 221 Å². The predicted octanol–water partition coefficient (Wildman–Crippen LogP) is 19.0. The van der Waals surface area contributed by atoms with Crippen molar-refractivity contribution in [2.75, 3.05) is 0 Å². The van der Waals surface area contributed by atoms with Crippen LogP contribution in [0.25, 0.3) is 140 Å². The molecule has 15 aromatic rings. The smallest absolute Gasteiger partial charge is 0.102 e. The highest BCUT2D eigenvalue weighted by molar-refractivity contribution is 7.27. The van der Waals surface area contributed by atoms with Crippen molar-refractivity contribution < 1.29 is 0 Å². The Balaban J connectivity index is 1.19. The lowest BCUT2D eigenvalue weighted by Crippen LogP contribution is -2.11. The Morgan fingerprint density at radius 1 is 0.297 bits per heavy atom. The first-order chi connectivity index (χ1) is 36.7. The highest BCUT2D eigenvalue weighted by Crippen LogP contribution is 2.52. The van der Waals surface area contributed by atoms with E-state index in [0.29, 0.717) is 28.1 Å². The van der Waals surface area contributed by atoms with Crippen LogP contribution in [0.5, 0.6) is 0 Å². The van der Waals surface area contributed by atoms with Crippen LogP contribution in [0.1, 0.15) is 11.1 Å². The van der Waals surface area contributed by atoms with E-state index in [9.17, 15) is 10.5 Å². The highest BCUT2D eigenvalue weighted by atomic mass is 32.1. The highest BCUT2D eigenvalue weighted by Gasteiger charge is 2.33. The number of para-hydroxylation sites is 2. The maximum atomic E-state index is 12.3. The Morgan fingerprint density at radius 3 is 1.14 bits per heavy atom.